The number of ether oxygens (including phenoxy) is 1. The molecular formula is C19H25N5O4S2. The number of urea groups is 1. The first kappa shape index (κ1) is 21.0. The summed E-state index contributed by atoms with van der Waals surface area (Å²) in [5, 5.41) is 3.15. The number of aryl methyl sites for hydroxylation is 1. The molecular weight excluding hydrogens is 426 g/mol. The van der Waals surface area contributed by atoms with Crippen molar-refractivity contribution >= 4 is 43.9 Å². The van der Waals surface area contributed by atoms with Crippen molar-refractivity contribution in [3.05, 3.63) is 30.0 Å². The van der Waals surface area contributed by atoms with E-state index in [0.29, 0.717) is 29.7 Å². The Balaban J connectivity index is 1.41. The van der Waals surface area contributed by atoms with Crippen LogP contribution in [-0.4, -0.2) is 58.8 Å². The zero-order valence-electron chi connectivity index (χ0n) is 16.9. The third kappa shape index (κ3) is 4.75. The summed E-state index contributed by atoms with van der Waals surface area (Å²) < 4.78 is 33.2. The molecule has 9 nitrogen and oxygen atoms in total. The largest absolute Gasteiger partial charge is 0.378 e. The number of rotatable bonds is 6. The number of benzene rings is 1. The molecule has 1 aromatic heterocycles. The van der Waals surface area contributed by atoms with Gasteiger partial charge in [-0.05, 0) is 44.0 Å². The van der Waals surface area contributed by atoms with Gasteiger partial charge >= 0.3 is 6.03 Å². The molecule has 1 saturated carbocycles. The molecule has 0 bridgehead atoms. The van der Waals surface area contributed by atoms with Gasteiger partial charge in [-0.3, -0.25) is 4.90 Å². The number of thiazole rings is 1. The summed E-state index contributed by atoms with van der Waals surface area (Å²) in [5.74, 6) is 0. The maximum Gasteiger partial charge on any atom is 0.327 e. The van der Waals surface area contributed by atoms with Crippen molar-refractivity contribution in [3.8, 4) is 0 Å². The number of hydrogen-bond donors (Lipinski definition) is 2. The molecule has 2 aliphatic rings. The summed E-state index contributed by atoms with van der Waals surface area (Å²) in [5.41, 5.74) is 2.12. The fourth-order valence-electron chi connectivity index (χ4n) is 3.11. The standard InChI is InChI=1S/C19H25N5O4S2/c1-13-17(30(26,27)22-15-3-4-15)29-19(20-13)23(2)18(25)21-14-5-7-16(8-6-14)24-9-11-28-12-10-24/h5-8,15,22H,3-4,9-12H2,1-2H3,(H,21,25). The van der Waals surface area contributed by atoms with E-state index in [9.17, 15) is 13.2 Å². The zero-order chi connectivity index (χ0) is 21.3. The highest BCUT2D eigenvalue weighted by Gasteiger charge is 2.31. The highest BCUT2D eigenvalue weighted by Crippen LogP contribution is 2.31. The number of morpholine rings is 1. The van der Waals surface area contributed by atoms with E-state index in [-0.39, 0.29) is 16.3 Å². The first-order valence-electron chi connectivity index (χ1n) is 9.81. The number of hydrogen-bond acceptors (Lipinski definition) is 7. The van der Waals surface area contributed by atoms with Gasteiger partial charge in [0.1, 0.15) is 0 Å². The minimum Gasteiger partial charge on any atom is -0.378 e. The normalized spacial score (nSPS) is 17.1. The van der Waals surface area contributed by atoms with Crippen molar-refractivity contribution in [1.82, 2.24) is 9.71 Å². The maximum atomic E-state index is 12.6. The van der Waals surface area contributed by atoms with Crippen molar-refractivity contribution in [2.24, 2.45) is 0 Å². The molecule has 2 aromatic rings. The van der Waals surface area contributed by atoms with Crippen molar-refractivity contribution in [2.45, 2.75) is 30.0 Å². The smallest absolute Gasteiger partial charge is 0.327 e. The van der Waals surface area contributed by atoms with E-state index in [1.807, 2.05) is 24.3 Å². The van der Waals surface area contributed by atoms with Gasteiger partial charge in [0.15, 0.2) is 9.34 Å². The quantitative estimate of drug-likeness (QED) is 0.699. The minimum absolute atomic E-state index is 0.0152. The zero-order valence-corrected chi connectivity index (χ0v) is 18.6. The topological polar surface area (TPSA) is 104 Å². The van der Waals surface area contributed by atoms with Crippen LogP contribution in [0.4, 0.5) is 21.3 Å². The molecule has 30 heavy (non-hydrogen) atoms. The second-order valence-corrected chi connectivity index (χ2v) is 10.3. The van der Waals surface area contributed by atoms with Gasteiger partial charge in [-0.25, -0.2) is 22.9 Å². The Hall–Kier alpha value is -2.21. The van der Waals surface area contributed by atoms with Crippen molar-refractivity contribution in [2.75, 3.05) is 48.5 Å². The predicted molar refractivity (Wildman–Crippen MR) is 117 cm³/mol. The molecule has 2 fully saturated rings. The van der Waals surface area contributed by atoms with Crippen LogP contribution in [0.1, 0.15) is 18.5 Å². The van der Waals surface area contributed by atoms with E-state index in [4.69, 9.17) is 4.74 Å². The number of nitrogens with one attached hydrogen (secondary N) is 2. The van der Waals surface area contributed by atoms with Gasteiger partial charge in [0.05, 0.1) is 18.9 Å². The molecule has 1 saturated heterocycles. The van der Waals surface area contributed by atoms with Crippen LogP contribution in [0.5, 0.6) is 0 Å². The van der Waals surface area contributed by atoms with Crippen molar-refractivity contribution in [1.29, 1.82) is 0 Å². The Morgan fingerprint density at radius 3 is 2.53 bits per heavy atom. The predicted octanol–water partition coefficient (Wildman–Crippen LogP) is 2.40. The number of aromatic nitrogens is 1. The molecule has 2 N–H and O–H groups in total. The molecule has 0 unspecified atom stereocenters. The molecule has 162 valence electrons. The molecule has 0 spiro atoms. The van der Waals surface area contributed by atoms with Gasteiger partial charge in [0.25, 0.3) is 10.0 Å². The van der Waals surface area contributed by atoms with E-state index in [0.717, 1.165) is 43.0 Å². The number of carbonyl (C=O) groups excluding carboxylic acids is 1. The van der Waals surface area contributed by atoms with E-state index in [2.05, 4.69) is 19.9 Å². The molecule has 1 aliphatic heterocycles. The van der Waals surface area contributed by atoms with E-state index in [1.54, 1.807) is 14.0 Å². The van der Waals surface area contributed by atoms with Gasteiger partial charge in [-0.15, -0.1) is 0 Å². The fourth-order valence-corrected chi connectivity index (χ4v) is 5.89. The molecule has 1 aliphatic carbocycles. The minimum atomic E-state index is -3.61. The molecule has 0 atom stereocenters. The fraction of sp³-hybridized carbons (Fsp3) is 0.474. The van der Waals surface area contributed by atoms with Crippen LogP contribution in [0.25, 0.3) is 0 Å². The van der Waals surface area contributed by atoms with E-state index < -0.39 is 10.0 Å². The van der Waals surface area contributed by atoms with Crippen LogP contribution < -0.4 is 19.8 Å². The van der Waals surface area contributed by atoms with Crippen LogP contribution in [0.3, 0.4) is 0 Å². The number of anilines is 3. The van der Waals surface area contributed by atoms with Crippen LogP contribution in [-0.2, 0) is 14.8 Å². The SMILES string of the molecule is Cc1nc(N(C)C(=O)Nc2ccc(N3CCOCC3)cc2)sc1S(=O)(=O)NC1CC1. The summed E-state index contributed by atoms with van der Waals surface area (Å²) in [7, 11) is -2.04. The Kier molecular flexibility index (Phi) is 5.96. The molecule has 2 heterocycles. The first-order chi connectivity index (χ1) is 14.3. The highest BCUT2D eigenvalue weighted by molar-refractivity contribution is 7.91. The number of nitrogens with zero attached hydrogens (tertiary/aromatic N) is 3. The lowest BCUT2D eigenvalue weighted by molar-refractivity contribution is 0.122. The highest BCUT2D eigenvalue weighted by atomic mass is 32.2. The average Bonchev–Trinajstić information content (AvgIpc) is 3.45. The third-order valence-electron chi connectivity index (χ3n) is 4.97. The van der Waals surface area contributed by atoms with Crippen molar-refractivity contribution < 1.29 is 17.9 Å². The third-order valence-corrected chi connectivity index (χ3v) is 8.34. The molecule has 4 rings (SSSR count). The second kappa shape index (κ2) is 8.50. The summed E-state index contributed by atoms with van der Waals surface area (Å²) in [6.07, 6.45) is 1.72. The van der Waals surface area contributed by atoms with Crippen LogP contribution in [0.2, 0.25) is 0 Å². The van der Waals surface area contributed by atoms with Gasteiger partial charge in [0, 0.05) is 37.6 Å². The Morgan fingerprint density at radius 1 is 1.23 bits per heavy atom. The summed E-state index contributed by atoms with van der Waals surface area (Å²) in [6.45, 7) is 4.75. The lowest BCUT2D eigenvalue weighted by atomic mass is 10.2. The van der Waals surface area contributed by atoms with Gasteiger partial charge in [-0.2, -0.15) is 0 Å². The first-order valence-corrected chi connectivity index (χ1v) is 12.1. The average molecular weight is 452 g/mol. The van der Waals surface area contributed by atoms with Gasteiger partial charge in [0.2, 0.25) is 0 Å². The maximum absolute atomic E-state index is 12.6. The van der Waals surface area contributed by atoms with Crippen LogP contribution in [0, 0.1) is 6.92 Å². The summed E-state index contributed by atoms with van der Waals surface area (Å²) >= 11 is 0.989. The Bertz CT molecular complexity index is 1010. The number of amides is 2. The Morgan fingerprint density at radius 2 is 1.90 bits per heavy atom. The lowest BCUT2D eigenvalue weighted by Crippen LogP contribution is -2.36. The number of carbonyl (C=O) groups is 1. The van der Waals surface area contributed by atoms with Crippen LogP contribution >= 0.6 is 11.3 Å². The van der Waals surface area contributed by atoms with Gasteiger partial charge in [-0.1, -0.05) is 11.3 Å². The molecule has 1 aromatic carbocycles. The molecule has 2 amide bonds. The second-order valence-electron chi connectivity index (χ2n) is 7.40. The monoisotopic (exact) mass is 451 g/mol. The number of sulfonamides is 1. The van der Waals surface area contributed by atoms with Gasteiger partial charge < -0.3 is 15.0 Å². The Labute approximate surface area is 180 Å². The van der Waals surface area contributed by atoms with Crippen LogP contribution in [0.15, 0.2) is 28.5 Å². The van der Waals surface area contributed by atoms with E-state index in [1.165, 1.54) is 4.90 Å². The van der Waals surface area contributed by atoms with E-state index >= 15 is 0 Å². The molecule has 11 heteroatoms. The van der Waals surface area contributed by atoms with Crippen molar-refractivity contribution in [3.63, 3.8) is 0 Å². The molecule has 0 radical (unpaired) electrons. The summed E-state index contributed by atoms with van der Waals surface area (Å²) in [6, 6.07) is 7.24. The summed E-state index contributed by atoms with van der Waals surface area (Å²) in [4.78, 5) is 20.5. The lowest BCUT2D eigenvalue weighted by Gasteiger charge is -2.29.